The molecule has 12 heavy (non-hydrogen) atoms. The summed E-state index contributed by atoms with van der Waals surface area (Å²) < 4.78 is 0. The van der Waals surface area contributed by atoms with E-state index in [1.165, 1.54) is 14.0 Å². The van der Waals surface area contributed by atoms with Crippen molar-refractivity contribution in [3.05, 3.63) is 0 Å². The summed E-state index contributed by atoms with van der Waals surface area (Å²) in [4.78, 5) is 20.8. The number of aliphatic carboxylic acids is 1. The summed E-state index contributed by atoms with van der Waals surface area (Å²) in [5.41, 5.74) is 2.34. The Bertz CT molecular complexity index is 171. The van der Waals surface area contributed by atoms with Crippen LogP contribution in [-0.4, -0.2) is 46.8 Å². The molecule has 0 aliphatic carbocycles. The number of carboxylic acids is 1. The van der Waals surface area contributed by atoms with E-state index in [0.717, 1.165) is 5.01 Å². The van der Waals surface area contributed by atoms with E-state index in [0.29, 0.717) is 6.41 Å². The minimum Gasteiger partial charge on any atom is -0.480 e. The van der Waals surface area contributed by atoms with Gasteiger partial charge in [0.05, 0.1) is 6.10 Å². The van der Waals surface area contributed by atoms with Crippen molar-refractivity contribution in [2.75, 3.05) is 7.05 Å². The van der Waals surface area contributed by atoms with E-state index >= 15 is 0 Å². The van der Waals surface area contributed by atoms with Crippen molar-refractivity contribution in [1.29, 1.82) is 0 Å². The number of carboxylic acid groups (broad SMARTS) is 1. The first-order valence-corrected chi connectivity index (χ1v) is 3.36. The first-order chi connectivity index (χ1) is 5.54. The highest BCUT2D eigenvalue weighted by molar-refractivity contribution is 5.76. The molecule has 0 aromatic rings. The third-order valence-electron chi connectivity index (χ3n) is 1.38. The van der Waals surface area contributed by atoms with Crippen LogP contribution in [-0.2, 0) is 9.59 Å². The molecule has 70 valence electrons. The monoisotopic (exact) mass is 176 g/mol. The molecule has 2 unspecified atom stereocenters. The van der Waals surface area contributed by atoms with Crippen molar-refractivity contribution >= 4 is 12.4 Å². The number of hydrogen-bond donors (Lipinski definition) is 3. The van der Waals surface area contributed by atoms with E-state index in [1.54, 1.807) is 0 Å². The molecule has 0 fully saturated rings. The molecule has 1 amide bonds. The Labute approximate surface area is 69.8 Å². The average Bonchev–Trinajstić information content (AvgIpc) is 1.98. The number of hydrazine groups is 1. The summed E-state index contributed by atoms with van der Waals surface area (Å²) in [7, 11) is 1.40. The van der Waals surface area contributed by atoms with Crippen LogP contribution in [0.5, 0.6) is 0 Å². The number of rotatable bonds is 5. The number of aliphatic hydroxyl groups excluding tert-OH is 1. The van der Waals surface area contributed by atoms with Gasteiger partial charge in [-0.05, 0) is 6.92 Å². The third kappa shape index (κ3) is 2.48. The van der Waals surface area contributed by atoms with Crippen molar-refractivity contribution in [3.63, 3.8) is 0 Å². The SMILES string of the molecule is CNN(C=O)C(C(=O)O)C(C)O. The fraction of sp³-hybridized carbons (Fsp3) is 0.667. The van der Waals surface area contributed by atoms with E-state index in [4.69, 9.17) is 10.2 Å². The van der Waals surface area contributed by atoms with Gasteiger partial charge in [0.25, 0.3) is 0 Å². The smallest absolute Gasteiger partial charge is 0.330 e. The van der Waals surface area contributed by atoms with Crippen LogP contribution in [0, 0.1) is 0 Å². The minimum atomic E-state index is -1.26. The second kappa shape index (κ2) is 4.68. The molecule has 0 aromatic heterocycles. The second-order valence-corrected chi connectivity index (χ2v) is 2.26. The number of nitrogens with zero attached hydrogens (tertiary/aromatic N) is 1. The summed E-state index contributed by atoms with van der Waals surface area (Å²) in [6, 6.07) is -1.26. The highest BCUT2D eigenvalue weighted by Crippen LogP contribution is 1.99. The molecule has 0 aromatic carbocycles. The van der Waals surface area contributed by atoms with Gasteiger partial charge in [-0.2, -0.15) is 0 Å². The zero-order valence-electron chi connectivity index (χ0n) is 6.89. The van der Waals surface area contributed by atoms with Gasteiger partial charge in [0.1, 0.15) is 0 Å². The fourth-order valence-electron chi connectivity index (χ4n) is 0.815. The Kier molecular flexibility index (Phi) is 4.24. The molecular formula is C6H12N2O4. The maximum Gasteiger partial charge on any atom is 0.330 e. The number of aliphatic hydroxyl groups is 1. The summed E-state index contributed by atoms with van der Waals surface area (Å²) in [5.74, 6) is -1.26. The molecule has 2 atom stereocenters. The van der Waals surface area contributed by atoms with Crippen LogP contribution in [0.1, 0.15) is 6.92 Å². The van der Waals surface area contributed by atoms with Crippen molar-refractivity contribution in [2.45, 2.75) is 19.1 Å². The lowest BCUT2D eigenvalue weighted by molar-refractivity contribution is -0.153. The summed E-state index contributed by atoms with van der Waals surface area (Å²) in [6.45, 7) is 1.30. The normalized spacial score (nSPS) is 14.9. The highest BCUT2D eigenvalue weighted by Gasteiger charge is 2.28. The predicted molar refractivity (Wildman–Crippen MR) is 40.1 cm³/mol. The molecule has 0 saturated carbocycles. The average molecular weight is 176 g/mol. The molecule has 6 heteroatoms. The standard InChI is InChI=1S/C6H12N2O4/c1-4(10)5(6(11)12)8(3-9)7-2/h3-5,7,10H,1-2H3,(H,11,12). The lowest BCUT2D eigenvalue weighted by Gasteiger charge is -2.25. The molecule has 6 nitrogen and oxygen atoms in total. The highest BCUT2D eigenvalue weighted by atomic mass is 16.4. The van der Waals surface area contributed by atoms with Crippen LogP contribution in [0.4, 0.5) is 0 Å². The molecule has 0 rings (SSSR count). The van der Waals surface area contributed by atoms with Crippen molar-refractivity contribution in [3.8, 4) is 0 Å². The number of nitrogens with one attached hydrogen (secondary N) is 1. The molecule has 0 aliphatic rings. The first-order valence-electron chi connectivity index (χ1n) is 3.36. The van der Waals surface area contributed by atoms with Gasteiger partial charge in [0, 0.05) is 7.05 Å². The maximum atomic E-state index is 10.5. The van der Waals surface area contributed by atoms with Gasteiger partial charge < -0.3 is 10.2 Å². The first kappa shape index (κ1) is 10.9. The van der Waals surface area contributed by atoms with Crippen LogP contribution >= 0.6 is 0 Å². The van der Waals surface area contributed by atoms with Crippen LogP contribution < -0.4 is 5.43 Å². The fourth-order valence-corrected chi connectivity index (χ4v) is 0.815. The molecule has 0 heterocycles. The van der Waals surface area contributed by atoms with Crippen LogP contribution in [0.3, 0.4) is 0 Å². The van der Waals surface area contributed by atoms with Crippen LogP contribution in [0.15, 0.2) is 0 Å². The van der Waals surface area contributed by atoms with Crippen LogP contribution in [0.25, 0.3) is 0 Å². The molecule has 0 spiro atoms. The second-order valence-electron chi connectivity index (χ2n) is 2.26. The zero-order chi connectivity index (χ0) is 9.72. The summed E-state index contributed by atoms with van der Waals surface area (Å²) >= 11 is 0. The molecule has 0 saturated heterocycles. The molecule has 3 N–H and O–H groups in total. The Balaban J connectivity index is 4.47. The molecule has 0 bridgehead atoms. The van der Waals surface area contributed by atoms with Crippen molar-refractivity contribution < 1.29 is 19.8 Å². The summed E-state index contributed by atoms with van der Waals surface area (Å²) in [6.07, 6.45) is -0.814. The van der Waals surface area contributed by atoms with E-state index in [-0.39, 0.29) is 0 Å². The van der Waals surface area contributed by atoms with E-state index in [9.17, 15) is 9.59 Å². The topological polar surface area (TPSA) is 89.9 Å². The van der Waals surface area contributed by atoms with E-state index in [2.05, 4.69) is 5.43 Å². The lowest BCUT2D eigenvalue weighted by atomic mass is 10.2. The van der Waals surface area contributed by atoms with Gasteiger partial charge in [-0.1, -0.05) is 0 Å². The van der Waals surface area contributed by atoms with Crippen molar-refractivity contribution in [1.82, 2.24) is 10.4 Å². The van der Waals surface area contributed by atoms with Gasteiger partial charge in [0.15, 0.2) is 6.04 Å². The largest absolute Gasteiger partial charge is 0.480 e. The lowest BCUT2D eigenvalue weighted by Crippen LogP contribution is -2.52. The summed E-state index contributed by atoms with van der Waals surface area (Å²) in [5, 5.41) is 18.4. The van der Waals surface area contributed by atoms with Gasteiger partial charge >= 0.3 is 5.97 Å². The van der Waals surface area contributed by atoms with Gasteiger partial charge in [0.2, 0.25) is 6.41 Å². The van der Waals surface area contributed by atoms with E-state index < -0.39 is 18.1 Å². The number of carbonyl (C=O) groups excluding carboxylic acids is 1. The van der Waals surface area contributed by atoms with Gasteiger partial charge in [-0.25, -0.2) is 10.2 Å². The number of carbonyl (C=O) groups is 2. The minimum absolute atomic E-state index is 0.311. The van der Waals surface area contributed by atoms with Gasteiger partial charge in [-0.15, -0.1) is 0 Å². The molecule has 0 aliphatic heterocycles. The maximum absolute atomic E-state index is 10.5. The Morgan fingerprint density at radius 2 is 2.17 bits per heavy atom. The van der Waals surface area contributed by atoms with Crippen LogP contribution in [0.2, 0.25) is 0 Å². The van der Waals surface area contributed by atoms with Crippen molar-refractivity contribution in [2.24, 2.45) is 0 Å². The predicted octanol–water partition coefficient (Wildman–Crippen LogP) is -1.59. The Morgan fingerprint density at radius 1 is 1.67 bits per heavy atom. The molecule has 0 radical (unpaired) electrons. The number of hydrogen-bond acceptors (Lipinski definition) is 4. The third-order valence-corrected chi connectivity index (χ3v) is 1.38. The zero-order valence-corrected chi connectivity index (χ0v) is 6.89. The van der Waals surface area contributed by atoms with Gasteiger partial charge in [-0.3, -0.25) is 9.80 Å². The Hall–Kier alpha value is -1.14. The Morgan fingerprint density at radius 3 is 2.25 bits per heavy atom. The quantitative estimate of drug-likeness (QED) is 0.347. The molecular weight excluding hydrogens is 164 g/mol. The van der Waals surface area contributed by atoms with E-state index in [1.807, 2.05) is 0 Å². The number of amides is 1.